The molecule has 0 radical (unpaired) electrons. The van der Waals surface area contributed by atoms with Gasteiger partial charge in [-0.15, -0.1) is 0 Å². The lowest BCUT2D eigenvalue weighted by atomic mass is 9.76. The highest BCUT2D eigenvalue weighted by Crippen LogP contribution is 2.34. The quantitative estimate of drug-likeness (QED) is 0.671. The Bertz CT molecular complexity index is 479. The summed E-state index contributed by atoms with van der Waals surface area (Å²) in [6, 6.07) is 4.26. The maximum Gasteiger partial charge on any atom is 0.166 e. The highest BCUT2D eigenvalue weighted by Gasteiger charge is 2.27. The number of hydrogen-bond acceptors (Lipinski definition) is 1. The van der Waals surface area contributed by atoms with Crippen LogP contribution < -0.4 is 0 Å². The predicted molar refractivity (Wildman–Crippen MR) is 85.3 cm³/mol. The van der Waals surface area contributed by atoms with Crippen LogP contribution in [-0.2, 0) is 0 Å². The molecular formula is C19H28O. The van der Waals surface area contributed by atoms with Crippen molar-refractivity contribution < 1.29 is 4.79 Å². The molecule has 1 nitrogen and oxygen atoms in total. The van der Waals surface area contributed by atoms with Crippen LogP contribution in [0.5, 0.6) is 0 Å². The van der Waals surface area contributed by atoms with Crippen molar-refractivity contribution in [3.8, 4) is 0 Å². The van der Waals surface area contributed by atoms with E-state index in [4.69, 9.17) is 0 Å². The van der Waals surface area contributed by atoms with E-state index < -0.39 is 0 Å². The Morgan fingerprint density at radius 1 is 1.00 bits per heavy atom. The van der Waals surface area contributed by atoms with Gasteiger partial charge in [-0.1, -0.05) is 25.8 Å². The van der Waals surface area contributed by atoms with E-state index in [2.05, 4.69) is 39.8 Å². The van der Waals surface area contributed by atoms with Gasteiger partial charge in [0.25, 0.3) is 0 Å². The van der Waals surface area contributed by atoms with Crippen LogP contribution in [0.3, 0.4) is 0 Å². The van der Waals surface area contributed by atoms with Gasteiger partial charge in [0.05, 0.1) is 0 Å². The largest absolute Gasteiger partial charge is 0.294 e. The van der Waals surface area contributed by atoms with Crippen LogP contribution in [0.4, 0.5) is 0 Å². The molecule has 0 spiro atoms. The summed E-state index contributed by atoms with van der Waals surface area (Å²) >= 11 is 0. The molecule has 2 rings (SSSR count). The molecular weight excluding hydrogens is 244 g/mol. The van der Waals surface area contributed by atoms with Gasteiger partial charge in [-0.25, -0.2) is 0 Å². The number of rotatable bonds is 4. The minimum atomic E-state index is 0.268. The lowest BCUT2D eigenvalue weighted by Gasteiger charge is -2.28. The highest BCUT2D eigenvalue weighted by molar-refractivity contribution is 5.99. The summed E-state index contributed by atoms with van der Waals surface area (Å²) in [5.41, 5.74) is 4.63. The average molecular weight is 272 g/mol. The number of Topliss-reactive ketones (excluding diaryl/α,β-unsaturated/α-hetero) is 1. The van der Waals surface area contributed by atoms with Gasteiger partial charge in [-0.2, -0.15) is 0 Å². The van der Waals surface area contributed by atoms with Gasteiger partial charge in [-0.3, -0.25) is 4.79 Å². The summed E-state index contributed by atoms with van der Waals surface area (Å²) in [7, 11) is 0. The zero-order valence-electron chi connectivity index (χ0n) is 13.5. The molecule has 0 amide bonds. The number of aryl methyl sites for hydroxylation is 3. The average Bonchev–Trinajstić information content (AvgIpc) is 2.43. The van der Waals surface area contributed by atoms with Gasteiger partial charge in [0.1, 0.15) is 0 Å². The molecule has 1 fully saturated rings. The molecule has 0 saturated heterocycles. The van der Waals surface area contributed by atoms with Crippen molar-refractivity contribution >= 4 is 5.78 Å². The third kappa shape index (κ3) is 3.31. The fourth-order valence-corrected chi connectivity index (χ4v) is 3.57. The fourth-order valence-electron chi connectivity index (χ4n) is 3.57. The smallest absolute Gasteiger partial charge is 0.166 e. The molecule has 1 aliphatic rings. The van der Waals surface area contributed by atoms with Gasteiger partial charge in [0.2, 0.25) is 0 Å². The minimum Gasteiger partial charge on any atom is -0.294 e. The van der Waals surface area contributed by atoms with Crippen molar-refractivity contribution in [3.63, 3.8) is 0 Å². The molecule has 0 aliphatic heterocycles. The number of benzene rings is 1. The first-order chi connectivity index (χ1) is 9.52. The van der Waals surface area contributed by atoms with Crippen molar-refractivity contribution in [1.29, 1.82) is 0 Å². The van der Waals surface area contributed by atoms with Gasteiger partial charge in [0.15, 0.2) is 5.78 Å². The number of carbonyl (C=O) groups is 1. The summed E-state index contributed by atoms with van der Waals surface area (Å²) < 4.78 is 0. The molecule has 1 saturated carbocycles. The summed E-state index contributed by atoms with van der Waals surface area (Å²) in [6.45, 7) is 8.55. The second-order valence-electron chi connectivity index (χ2n) is 6.62. The van der Waals surface area contributed by atoms with E-state index in [1.807, 2.05) is 0 Å². The Balaban J connectivity index is 2.07. The zero-order valence-corrected chi connectivity index (χ0v) is 13.5. The topological polar surface area (TPSA) is 17.1 Å². The number of hydrogen-bond donors (Lipinski definition) is 0. The number of ketones is 1. The molecule has 110 valence electrons. The Morgan fingerprint density at radius 3 is 2.20 bits per heavy atom. The van der Waals surface area contributed by atoms with Crippen LogP contribution in [0, 0.1) is 32.6 Å². The Hall–Kier alpha value is -1.11. The minimum absolute atomic E-state index is 0.268. The Kier molecular flexibility index (Phi) is 5.01. The molecule has 20 heavy (non-hydrogen) atoms. The summed E-state index contributed by atoms with van der Waals surface area (Å²) in [6.07, 6.45) is 7.29. The monoisotopic (exact) mass is 272 g/mol. The van der Waals surface area contributed by atoms with Crippen LogP contribution >= 0.6 is 0 Å². The Morgan fingerprint density at radius 2 is 1.60 bits per heavy atom. The lowest BCUT2D eigenvalue weighted by molar-refractivity contribution is 0.0869. The van der Waals surface area contributed by atoms with Crippen molar-refractivity contribution in [2.75, 3.05) is 0 Å². The van der Waals surface area contributed by atoms with E-state index in [1.165, 1.54) is 36.8 Å². The zero-order chi connectivity index (χ0) is 14.7. The molecule has 1 aliphatic carbocycles. The molecule has 1 heteroatoms. The van der Waals surface area contributed by atoms with E-state index in [9.17, 15) is 4.79 Å². The van der Waals surface area contributed by atoms with Crippen molar-refractivity contribution in [2.45, 2.75) is 66.2 Å². The first-order valence-electron chi connectivity index (χ1n) is 8.15. The predicted octanol–water partition coefficient (Wildman–Crippen LogP) is 5.40. The van der Waals surface area contributed by atoms with E-state index in [0.717, 1.165) is 29.9 Å². The molecule has 0 atom stereocenters. The molecule has 0 N–H and O–H groups in total. The van der Waals surface area contributed by atoms with Crippen LogP contribution in [0.2, 0.25) is 0 Å². The third-order valence-electron chi connectivity index (χ3n) is 5.02. The molecule has 1 aromatic rings. The van der Waals surface area contributed by atoms with Gasteiger partial charge >= 0.3 is 0 Å². The van der Waals surface area contributed by atoms with Gasteiger partial charge in [0, 0.05) is 11.5 Å². The second kappa shape index (κ2) is 6.56. The molecule has 1 aromatic carbocycles. The van der Waals surface area contributed by atoms with Crippen LogP contribution in [-0.4, -0.2) is 5.78 Å². The highest BCUT2D eigenvalue weighted by atomic mass is 16.1. The first kappa shape index (κ1) is 15.3. The maximum atomic E-state index is 12.7. The number of carbonyl (C=O) groups excluding carboxylic acids is 1. The van der Waals surface area contributed by atoms with Crippen LogP contribution in [0.25, 0.3) is 0 Å². The lowest BCUT2D eigenvalue weighted by Crippen LogP contribution is -2.22. The standard InChI is InChI=1S/C19H28O/c1-5-6-16-7-9-17(10-8-16)19(20)18-12-14(3)13(2)11-15(18)4/h11-12,16-17H,5-10H2,1-4H3. The molecule has 0 aromatic heterocycles. The summed E-state index contributed by atoms with van der Waals surface area (Å²) in [4.78, 5) is 12.7. The molecule has 0 unspecified atom stereocenters. The van der Waals surface area contributed by atoms with E-state index in [1.54, 1.807) is 0 Å². The van der Waals surface area contributed by atoms with Crippen molar-refractivity contribution in [3.05, 3.63) is 34.4 Å². The fraction of sp³-hybridized carbons (Fsp3) is 0.632. The second-order valence-corrected chi connectivity index (χ2v) is 6.62. The first-order valence-corrected chi connectivity index (χ1v) is 8.15. The normalized spacial score (nSPS) is 22.8. The van der Waals surface area contributed by atoms with Crippen molar-refractivity contribution in [2.24, 2.45) is 11.8 Å². The van der Waals surface area contributed by atoms with E-state index >= 15 is 0 Å². The molecule has 0 heterocycles. The van der Waals surface area contributed by atoms with Crippen LogP contribution in [0.1, 0.15) is 72.5 Å². The third-order valence-corrected chi connectivity index (χ3v) is 5.02. The van der Waals surface area contributed by atoms with Gasteiger partial charge in [-0.05, 0) is 75.1 Å². The molecule has 0 bridgehead atoms. The van der Waals surface area contributed by atoms with E-state index in [0.29, 0.717) is 5.78 Å². The van der Waals surface area contributed by atoms with Crippen LogP contribution in [0.15, 0.2) is 12.1 Å². The van der Waals surface area contributed by atoms with E-state index in [-0.39, 0.29) is 5.92 Å². The van der Waals surface area contributed by atoms with Crippen molar-refractivity contribution in [1.82, 2.24) is 0 Å². The Labute approximate surface area is 123 Å². The summed E-state index contributed by atoms with van der Waals surface area (Å²) in [5, 5.41) is 0. The SMILES string of the molecule is CCCC1CCC(C(=O)c2cc(C)c(C)cc2C)CC1. The van der Waals surface area contributed by atoms with Gasteiger partial charge < -0.3 is 0 Å². The maximum absolute atomic E-state index is 12.7. The summed E-state index contributed by atoms with van der Waals surface area (Å²) in [5.74, 6) is 1.52.